The Hall–Kier alpha value is -1.14. The third-order valence-electron chi connectivity index (χ3n) is 2.98. The lowest BCUT2D eigenvalue weighted by atomic mass is 9.98. The summed E-state index contributed by atoms with van der Waals surface area (Å²) in [5, 5.41) is 15.9. The normalized spacial score (nSPS) is 13.9. The zero-order valence-corrected chi connectivity index (χ0v) is 12.9. The van der Waals surface area contributed by atoms with Crippen molar-refractivity contribution in [3.05, 3.63) is 15.6 Å². The fraction of sp³-hybridized carbons (Fsp3) is 0.692. The van der Waals surface area contributed by atoms with Crippen LogP contribution in [0.4, 0.5) is 4.79 Å². The maximum atomic E-state index is 11.8. The molecule has 0 saturated carbocycles. The Bertz CT molecular complexity index is 434. The number of thiazole rings is 1. The second-order valence-corrected chi connectivity index (χ2v) is 6.42. The molecular weight excluding hydrogens is 262 g/mol. The maximum absolute atomic E-state index is 11.8. The van der Waals surface area contributed by atoms with Crippen LogP contribution in [0.25, 0.3) is 0 Å². The van der Waals surface area contributed by atoms with Gasteiger partial charge in [-0.1, -0.05) is 13.3 Å². The van der Waals surface area contributed by atoms with Crippen LogP contribution in [0.5, 0.6) is 0 Å². The largest absolute Gasteiger partial charge is 0.394 e. The fourth-order valence-corrected chi connectivity index (χ4v) is 2.79. The molecule has 1 aromatic rings. The number of aliphatic hydroxyl groups is 1. The van der Waals surface area contributed by atoms with E-state index in [9.17, 15) is 9.90 Å². The molecule has 2 amide bonds. The van der Waals surface area contributed by atoms with Crippen molar-refractivity contribution in [2.45, 2.75) is 52.6 Å². The van der Waals surface area contributed by atoms with Crippen molar-refractivity contribution in [3.8, 4) is 0 Å². The Kier molecular flexibility index (Phi) is 5.75. The van der Waals surface area contributed by atoms with E-state index in [0.717, 1.165) is 28.4 Å². The van der Waals surface area contributed by atoms with Crippen molar-refractivity contribution in [2.75, 3.05) is 6.61 Å². The van der Waals surface area contributed by atoms with E-state index in [1.54, 1.807) is 11.3 Å². The van der Waals surface area contributed by atoms with Crippen LogP contribution >= 0.6 is 11.3 Å². The van der Waals surface area contributed by atoms with E-state index in [4.69, 9.17) is 0 Å². The van der Waals surface area contributed by atoms with Crippen LogP contribution in [0.15, 0.2) is 0 Å². The zero-order valence-electron chi connectivity index (χ0n) is 12.0. The highest BCUT2D eigenvalue weighted by atomic mass is 32.1. The number of hydrogen-bond acceptors (Lipinski definition) is 4. The van der Waals surface area contributed by atoms with E-state index in [0.29, 0.717) is 6.54 Å². The average Bonchev–Trinajstić information content (AvgIpc) is 2.65. The van der Waals surface area contributed by atoms with Crippen molar-refractivity contribution < 1.29 is 9.90 Å². The molecule has 0 bridgehead atoms. The quantitative estimate of drug-likeness (QED) is 0.749. The number of amides is 2. The predicted molar refractivity (Wildman–Crippen MR) is 77.4 cm³/mol. The van der Waals surface area contributed by atoms with Gasteiger partial charge < -0.3 is 15.7 Å². The first kappa shape index (κ1) is 15.9. The Morgan fingerprint density at radius 3 is 2.63 bits per heavy atom. The summed E-state index contributed by atoms with van der Waals surface area (Å²) in [5.41, 5.74) is 0.338. The molecule has 0 aliphatic rings. The number of nitrogens with zero attached hydrogens (tertiary/aromatic N) is 1. The van der Waals surface area contributed by atoms with Gasteiger partial charge in [0.1, 0.15) is 0 Å². The molecule has 1 heterocycles. The molecule has 1 rings (SSSR count). The number of aryl methyl sites for hydroxylation is 2. The molecule has 0 saturated heterocycles. The number of aliphatic hydroxyl groups excluding tert-OH is 1. The molecule has 19 heavy (non-hydrogen) atoms. The molecule has 6 heteroatoms. The number of aromatic nitrogens is 1. The Morgan fingerprint density at radius 1 is 1.47 bits per heavy atom. The molecule has 0 aliphatic heterocycles. The Balaban J connectivity index is 2.49. The first-order valence-corrected chi connectivity index (χ1v) is 7.31. The number of carbonyl (C=O) groups excluding carboxylic acids is 1. The van der Waals surface area contributed by atoms with E-state index >= 15 is 0 Å². The molecule has 0 aliphatic carbocycles. The van der Waals surface area contributed by atoms with E-state index < -0.39 is 5.54 Å². The third-order valence-corrected chi connectivity index (χ3v) is 3.91. The van der Waals surface area contributed by atoms with Gasteiger partial charge in [0.15, 0.2) is 0 Å². The summed E-state index contributed by atoms with van der Waals surface area (Å²) >= 11 is 1.62. The zero-order chi connectivity index (χ0) is 14.5. The molecule has 0 fully saturated rings. The minimum absolute atomic E-state index is 0.0664. The van der Waals surface area contributed by atoms with Crippen LogP contribution in [-0.2, 0) is 6.54 Å². The molecule has 0 spiro atoms. The highest BCUT2D eigenvalue weighted by Gasteiger charge is 2.24. The standard InChI is InChI=1S/C13H23N3O2S/c1-5-6-13(4,8-17)16-12(18)14-7-11-9(2)19-10(3)15-11/h17H,5-8H2,1-4H3,(H2,14,16,18). The lowest BCUT2D eigenvalue weighted by Crippen LogP contribution is -2.52. The van der Waals surface area contributed by atoms with Gasteiger partial charge in [0.2, 0.25) is 0 Å². The summed E-state index contributed by atoms with van der Waals surface area (Å²) in [4.78, 5) is 17.3. The molecule has 3 N–H and O–H groups in total. The highest BCUT2D eigenvalue weighted by molar-refractivity contribution is 7.11. The van der Waals surface area contributed by atoms with Crippen LogP contribution in [0.2, 0.25) is 0 Å². The topological polar surface area (TPSA) is 74.2 Å². The number of urea groups is 1. The third kappa shape index (κ3) is 4.80. The smallest absolute Gasteiger partial charge is 0.315 e. The van der Waals surface area contributed by atoms with Gasteiger partial charge in [-0.2, -0.15) is 0 Å². The first-order valence-electron chi connectivity index (χ1n) is 6.50. The minimum atomic E-state index is -0.564. The maximum Gasteiger partial charge on any atom is 0.315 e. The predicted octanol–water partition coefficient (Wildman–Crippen LogP) is 2.11. The molecule has 0 radical (unpaired) electrons. The van der Waals surface area contributed by atoms with Gasteiger partial charge in [0.05, 0.1) is 29.4 Å². The van der Waals surface area contributed by atoms with Gasteiger partial charge in [0, 0.05) is 4.88 Å². The summed E-state index contributed by atoms with van der Waals surface area (Å²) in [6.07, 6.45) is 1.65. The number of nitrogens with one attached hydrogen (secondary N) is 2. The average molecular weight is 285 g/mol. The molecule has 1 atom stereocenters. The van der Waals surface area contributed by atoms with Crippen LogP contribution in [0.1, 0.15) is 42.3 Å². The monoisotopic (exact) mass is 285 g/mol. The second kappa shape index (κ2) is 6.86. The van der Waals surface area contributed by atoms with Gasteiger partial charge in [-0.25, -0.2) is 9.78 Å². The summed E-state index contributed by atoms with van der Waals surface area (Å²) < 4.78 is 0. The summed E-state index contributed by atoms with van der Waals surface area (Å²) in [7, 11) is 0. The van der Waals surface area contributed by atoms with E-state index in [-0.39, 0.29) is 12.6 Å². The van der Waals surface area contributed by atoms with Gasteiger partial charge in [-0.05, 0) is 27.2 Å². The van der Waals surface area contributed by atoms with Gasteiger partial charge >= 0.3 is 6.03 Å². The van der Waals surface area contributed by atoms with Crippen LogP contribution in [0.3, 0.4) is 0 Å². The van der Waals surface area contributed by atoms with E-state index in [1.807, 2.05) is 27.7 Å². The van der Waals surface area contributed by atoms with Crippen molar-refractivity contribution in [2.24, 2.45) is 0 Å². The van der Waals surface area contributed by atoms with Crippen molar-refractivity contribution >= 4 is 17.4 Å². The van der Waals surface area contributed by atoms with Crippen LogP contribution in [-0.4, -0.2) is 28.3 Å². The molecule has 5 nitrogen and oxygen atoms in total. The number of hydrogen-bond donors (Lipinski definition) is 3. The summed E-state index contributed by atoms with van der Waals surface area (Å²) in [6.45, 7) is 8.15. The van der Waals surface area contributed by atoms with Gasteiger partial charge in [0.25, 0.3) is 0 Å². The molecule has 1 unspecified atom stereocenters. The summed E-state index contributed by atoms with van der Waals surface area (Å²) in [6, 6.07) is -0.268. The van der Waals surface area contributed by atoms with Crippen LogP contribution < -0.4 is 10.6 Å². The van der Waals surface area contributed by atoms with Gasteiger partial charge in [-0.15, -0.1) is 11.3 Å². The molecule has 1 aromatic heterocycles. The second-order valence-electron chi connectivity index (χ2n) is 5.01. The lowest BCUT2D eigenvalue weighted by Gasteiger charge is -2.28. The lowest BCUT2D eigenvalue weighted by molar-refractivity contribution is 0.163. The number of rotatable bonds is 6. The minimum Gasteiger partial charge on any atom is -0.394 e. The van der Waals surface area contributed by atoms with E-state index in [1.165, 1.54) is 0 Å². The Morgan fingerprint density at radius 2 is 2.16 bits per heavy atom. The Labute approximate surface area is 118 Å². The molecule has 0 aromatic carbocycles. The van der Waals surface area contributed by atoms with Crippen molar-refractivity contribution in [1.82, 2.24) is 15.6 Å². The SMILES string of the molecule is CCCC(C)(CO)NC(=O)NCc1nc(C)sc1C. The number of carbonyl (C=O) groups is 1. The molecular formula is C13H23N3O2S. The van der Waals surface area contributed by atoms with Crippen molar-refractivity contribution in [1.29, 1.82) is 0 Å². The first-order chi connectivity index (χ1) is 8.90. The molecule has 108 valence electrons. The van der Waals surface area contributed by atoms with Gasteiger partial charge in [-0.3, -0.25) is 0 Å². The summed E-state index contributed by atoms with van der Waals surface area (Å²) in [5.74, 6) is 0. The highest BCUT2D eigenvalue weighted by Crippen LogP contribution is 2.16. The van der Waals surface area contributed by atoms with E-state index in [2.05, 4.69) is 15.6 Å². The fourth-order valence-electron chi connectivity index (χ4n) is 1.95. The van der Waals surface area contributed by atoms with Crippen LogP contribution in [0, 0.1) is 13.8 Å². The van der Waals surface area contributed by atoms with Crippen molar-refractivity contribution in [3.63, 3.8) is 0 Å².